The minimum Gasteiger partial charge on any atom is -0.475 e. The van der Waals surface area contributed by atoms with Crippen LogP contribution < -0.4 is 5.32 Å². The lowest BCUT2D eigenvalue weighted by Crippen LogP contribution is -2.31. The standard InChI is InChI=1S/C28H33N5O2.C2HF3O2/c1-19-7-9-20(10-8-19)17-24-31-26(29-13-6-16-33-14-4-3-5-15-33)25-22-12-11-21(28(34)35-2)18-23(22)30-27(25)32-24;3-2(4,5)1(6)7/h7-12,18H,3-6,13-17H2,1-2H3,(H2,29,30,31,32);(H,6,7). The molecule has 42 heavy (non-hydrogen) atoms. The third-order valence-electron chi connectivity index (χ3n) is 7.04. The van der Waals surface area contributed by atoms with Crippen LogP contribution in [0, 0.1) is 6.92 Å². The summed E-state index contributed by atoms with van der Waals surface area (Å²) in [5.74, 6) is -1.51. The van der Waals surface area contributed by atoms with E-state index in [9.17, 15) is 18.0 Å². The van der Waals surface area contributed by atoms with Crippen molar-refractivity contribution in [3.63, 3.8) is 0 Å². The summed E-state index contributed by atoms with van der Waals surface area (Å²) in [6.45, 7) is 6.46. The zero-order chi connectivity index (χ0) is 30.3. The van der Waals surface area contributed by atoms with Crippen molar-refractivity contribution in [2.45, 2.75) is 45.2 Å². The van der Waals surface area contributed by atoms with Crippen molar-refractivity contribution in [2.75, 3.05) is 38.6 Å². The average Bonchev–Trinajstić information content (AvgIpc) is 3.34. The normalized spacial score (nSPS) is 13.9. The molecule has 12 heteroatoms. The minimum absolute atomic E-state index is 0.354. The Kier molecular flexibility index (Phi) is 10.00. The molecule has 3 heterocycles. The number of carbonyl (C=O) groups excluding carboxylic acids is 1. The fourth-order valence-corrected chi connectivity index (χ4v) is 4.88. The van der Waals surface area contributed by atoms with Gasteiger partial charge in [-0.2, -0.15) is 13.2 Å². The van der Waals surface area contributed by atoms with Crippen molar-refractivity contribution in [1.29, 1.82) is 0 Å². The van der Waals surface area contributed by atoms with Gasteiger partial charge < -0.3 is 25.0 Å². The molecular weight excluding hydrogens is 551 g/mol. The molecule has 1 saturated heterocycles. The molecular formula is C30H34F3N5O4. The van der Waals surface area contributed by atoms with Crippen LogP contribution in [-0.4, -0.2) is 76.4 Å². The van der Waals surface area contributed by atoms with Gasteiger partial charge in [0.1, 0.15) is 17.3 Å². The Morgan fingerprint density at radius 2 is 1.76 bits per heavy atom. The first-order chi connectivity index (χ1) is 20.0. The van der Waals surface area contributed by atoms with Gasteiger partial charge in [-0.15, -0.1) is 0 Å². The predicted octanol–water partition coefficient (Wildman–Crippen LogP) is 5.72. The maximum absolute atomic E-state index is 12.0. The SMILES string of the molecule is COC(=O)c1ccc2c(c1)[nH]c1nc(Cc3ccc(C)cc3)nc(NCCCN3CCCCC3)c12.O=C(O)C(F)(F)F. The Morgan fingerprint density at radius 3 is 2.40 bits per heavy atom. The smallest absolute Gasteiger partial charge is 0.475 e. The number of rotatable bonds is 8. The van der Waals surface area contributed by atoms with Crippen molar-refractivity contribution in [2.24, 2.45) is 0 Å². The molecule has 224 valence electrons. The number of nitrogens with zero attached hydrogens (tertiary/aromatic N) is 3. The van der Waals surface area contributed by atoms with E-state index in [1.165, 1.54) is 50.6 Å². The first kappa shape index (κ1) is 30.8. The quantitative estimate of drug-likeness (QED) is 0.178. The highest BCUT2D eigenvalue weighted by Crippen LogP contribution is 2.31. The van der Waals surface area contributed by atoms with Crippen LogP contribution in [0.3, 0.4) is 0 Å². The second-order valence-electron chi connectivity index (χ2n) is 10.2. The maximum atomic E-state index is 12.0. The van der Waals surface area contributed by atoms with Gasteiger partial charge in [0.15, 0.2) is 0 Å². The van der Waals surface area contributed by atoms with Gasteiger partial charge in [0, 0.05) is 23.9 Å². The van der Waals surface area contributed by atoms with Crippen molar-refractivity contribution >= 4 is 39.7 Å². The Labute approximate surface area is 241 Å². The number of carboxylic acids is 1. The number of H-pyrrole nitrogens is 1. The van der Waals surface area contributed by atoms with E-state index in [0.29, 0.717) is 12.0 Å². The van der Waals surface area contributed by atoms with E-state index in [1.54, 1.807) is 6.07 Å². The zero-order valence-electron chi connectivity index (χ0n) is 23.6. The van der Waals surface area contributed by atoms with Gasteiger partial charge in [0.2, 0.25) is 0 Å². The van der Waals surface area contributed by atoms with Gasteiger partial charge in [-0.3, -0.25) is 0 Å². The zero-order valence-corrected chi connectivity index (χ0v) is 23.6. The Hall–Kier alpha value is -4.19. The summed E-state index contributed by atoms with van der Waals surface area (Å²) < 4.78 is 36.6. The van der Waals surface area contributed by atoms with Crippen LogP contribution in [0.25, 0.3) is 21.9 Å². The molecule has 0 amide bonds. The highest BCUT2D eigenvalue weighted by atomic mass is 19.4. The van der Waals surface area contributed by atoms with E-state index in [-0.39, 0.29) is 5.97 Å². The summed E-state index contributed by atoms with van der Waals surface area (Å²) in [6.07, 6.45) is 0.612. The van der Waals surface area contributed by atoms with Gasteiger partial charge in [-0.05, 0) is 63.5 Å². The van der Waals surface area contributed by atoms with Crippen molar-refractivity contribution in [3.8, 4) is 0 Å². The third kappa shape index (κ3) is 7.96. The fourth-order valence-electron chi connectivity index (χ4n) is 4.88. The molecule has 1 aliphatic heterocycles. The van der Waals surface area contributed by atoms with Gasteiger partial charge in [0.05, 0.1) is 18.1 Å². The van der Waals surface area contributed by atoms with Gasteiger partial charge >= 0.3 is 18.1 Å². The Balaban J connectivity index is 0.000000517. The lowest BCUT2D eigenvalue weighted by molar-refractivity contribution is -0.192. The number of aromatic amines is 1. The van der Waals surface area contributed by atoms with E-state index in [2.05, 4.69) is 46.4 Å². The highest BCUT2D eigenvalue weighted by Gasteiger charge is 2.38. The average molecular weight is 586 g/mol. The monoisotopic (exact) mass is 585 g/mol. The molecule has 4 aromatic rings. The summed E-state index contributed by atoms with van der Waals surface area (Å²) >= 11 is 0. The number of piperidine rings is 1. The lowest BCUT2D eigenvalue weighted by atomic mass is 10.1. The van der Waals surface area contributed by atoms with Crippen LogP contribution in [0.2, 0.25) is 0 Å². The van der Waals surface area contributed by atoms with Gasteiger partial charge in [-0.1, -0.05) is 42.3 Å². The topological polar surface area (TPSA) is 120 Å². The molecule has 0 saturated carbocycles. The molecule has 5 rings (SSSR count). The first-order valence-electron chi connectivity index (χ1n) is 13.8. The maximum Gasteiger partial charge on any atom is 0.490 e. The summed E-state index contributed by atoms with van der Waals surface area (Å²) in [6, 6.07) is 14.0. The number of hydrogen-bond donors (Lipinski definition) is 3. The van der Waals surface area contributed by atoms with Crippen molar-refractivity contribution < 1.29 is 32.6 Å². The number of fused-ring (bicyclic) bond motifs is 3. The minimum atomic E-state index is -5.08. The van der Waals surface area contributed by atoms with E-state index in [0.717, 1.165) is 53.1 Å². The van der Waals surface area contributed by atoms with Crippen LogP contribution in [0.4, 0.5) is 19.0 Å². The van der Waals surface area contributed by atoms with E-state index < -0.39 is 12.1 Å². The number of carbonyl (C=O) groups is 2. The van der Waals surface area contributed by atoms with E-state index in [1.807, 2.05) is 12.1 Å². The molecule has 1 fully saturated rings. The molecule has 0 radical (unpaired) electrons. The molecule has 0 bridgehead atoms. The van der Waals surface area contributed by atoms with Crippen molar-refractivity contribution in [3.05, 3.63) is 65.0 Å². The molecule has 0 unspecified atom stereocenters. The number of likely N-dealkylation sites (tertiary alicyclic amines) is 1. The number of methoxy groups -OCH3 is 1. The number of ether oxygens (including phenoxy) is 1. The van der Waals surface area contributed by atoms with Crippen LogP contribution in [0.15, 0.2) is 42.5 Å². The molecule has 2 aromatic heterocycles. The number of halogens is 3. The number of esters is 1. The second-order valence-corrected chi connectivity index (χ2v) is 10.2. The highest BCUT2D eigenvalue weighted by molar-refractivity contribution is 6.12. The number of hydrogen-bond acceptors (Lipinski definition) is 7. The summed E-state index contributed by atoms with van der Waals surface area (Å²) in [7, 11) is 1.40. The molecule has 1 aliphatic rings. The number of aryl methyl sites for hydroxylation is 1. The van der Waals surface area contributed by atoms with Crippen molar-refractivity contribution in [1.82, 2.24) is 19.9 Å². The van der Waals surface area contributed by atoms with Crippen LogP contribution in [0.1, 0.15) is 53.0 Å². The Bertz CT molecular complexity index is 1530. The molecule has 2 aromatic carbocycles. The Morgan fingerprint density at radius 1 is 1.07 bits per heavy atom. The molecule has 3 N–H and O–H groups in total. The van der Waals surface area contributed by atoms with Gasteiger partial charge in [-0.25, -0.2) is 19.6 Å². The number of nitrogens with one attached hydrogen (secondary N) is 2. The van der Waals surface area contributed by atoms with E-state index >= 15 is 0 Å². The largest absolute Gasteiger partial charge is 0.490 e. The lowest BCUT2D eigenvalue weighted by Gasteiger charge is -2.26. The molecule has 0 aliphatic carbocycles. The van der Waals surface area contributed by atoms with Gasteiger partial charge in [0.25, 0.3) is 0 Å². The van der Waals surface area contributed by atoms with Crippen LogP contribution in [-0.2, 0) is 16.0 Å². The fraction of sp³-hybridized carbons (Fsp3) is 0.400. The summed E-state index contributed by atoms with van der Waals surface area (Å²) in [5.41, 5.74) is 4.54. The molecule has 0 spiro atoms. The summed E-state index contributed by atoms with van der Waals surface area (Å²) in [4.78, 5) is 36.7. The number of benzene rings is 2. The van der Waals surface area contributed by atoms with E-state index in [4.69, 9.17) is 24.6 Å². The number of aromatic nitrogens is 3. The molecule has 9 nitrogen and oxygen atoms in total. The molecule has 0 atom stereocenters. The number of aliphatic carboxylic acids is 1. The number of alkyl halides is 3. The predicted molar refractivity (Wildman–Crippen MR) is 154 cm³/mol. The van der Waals surface area contributed by atoms with Crippen LogP contribution in [0.5, 0.6) is 0 Å². The third-order valence-corrected chi connectivity index (χ3v) is 7.04. The number of anilines is 1. The van der Waals surface area contributed by atoms with Crippen LogP contribution >= 0.6 is 0 Å². The second kappa shape index (κ2) is 13.6. The first-order valence-corrected chi connectivity index (χ1v) is 13.8. The number of carboxylic acid groups (broad SMARTS) is 1. The summed E-state index contributed by atoms with van der Waals surface area (Å²) in [5, 5.41) is 12.7.